The predicted molar refractivity (Wildman–Crippen MR) is 75.1 cm³/mol. The summed E-state index contributed by atoms with van der Waals surface area (Å²) in [5.41, 5.74) is -0.795. The second-order valence-corrected chi connectivity index (χ2v) is 6.46. The number of carbonyl (C=O) groups is 3. The first-order valence-electron chi connectivity index (χ1n) is 7.04. The predicted octanol–water partition coefficient (Wildman–Crippen LogP) is 1.07. The number of cyclic esters (lactones) is 1. The molecule has 1 rings (SSSR count). The third-order valence-corrected chi connectivity index (χ3v) is 2.77. The highest BCUT2D eigenvalue weighted by molar-refractivity contribution is 5.78. The lowest BCUT2D eigenvalue weighted by molar-refractivity contribution is -0.168. The number of amides is 1. The fourth-order valence-corrected chi connectivity index (χ4v) is 1.99. The SMILES string of the molecule is CC(C)(C)OC(=O)N[C@@H](CF)[C@@H](OC=O)[C@@H]1OC(C)(C)OC1=O. The van der Waals surface area contributed by atoms with Crippen LogP contribution in [0.5, 0.6) is 0 Å². The minimum absolute atomic E-state index is 0.0477. The van der Waals surface area contributed by atoms with Crippen molar-refractivity contribution in [3.8, 4) is 0 Å². The van der Waals surface area contributed by atoms with Gasteiger partial charge in [-0.25, -0.2) is 14.0 Å². The number of hydrogen-bond donors (Lipinski definition) is 1. The molecule has 1 amide bonds. The molecule has 0 aromatic carbocycles. The van der Waals surface area contributed by atoms with Crippen LogP contribution in [0.2, 0.25) is 0 Å². The van der Waals surface area contributed by atoms with Crippen LogP contribution in [0.3, 0.4) is 0 Å². The standard InChI is InChI=1S/C14H22FNO7/c1-13(2,3)23-12(19)16-8(6-15)9(20-7-17)10-11(18)22-14(4,5)21-10/h7-10H,6H2,1-5H3,(H,16,19)/t8-,9+,10-/m0/s1. The maximum atomic E-state index is 13.3. The van der Waals surface area contributed by atoms with Gasteiger partial charge in [-0.3, -0.25) is 4.79 Å². The zero-order valence-corrected chi connectivity index (χ0v) is 13.8. The molecule has 0 aromatic heterocycles. The van der Waals surface area contributed by atoms with Crippen molar-refractivity contribution in [1.29, 1.82) is 0 Å². The molecule has 8 nitrogen and oxygen atoms in total. The van der Waals surface area contributed by atoms with Crippen molar-refractivity contribution in [2.75, 3.05) is 6.67 Å². The molecule has 0 saturated carbocycles. The lowest BCUT2D eigenvalue weighted by Gasteiger charge is -2.28. The van der Waals surface area contributed by atoms with Crippen molar-refractivity contribution in [2.45, 2.75) is 64.3 Å². The van der Waals surface area contributed by atoms with Gasteiger partial charge in [0.2, 0.25) is 5.79 Å². The normalized spacial score (nSPS) is 22.7. The first-order valence-corrected chi connectivity index (χ1v) is 7.04. The lowest BCUT2D eigenvalue weighted by Crippen LogP contribution is -2.53. The summed E-state index contributed by atoms with van der Waals surface area (Å²) in [6, 6.07) is -1.33. The maximum absolute atomic E-state index is 13.3. The van der Waals surface area contributed by atoms with Crippen LogP contribution in [0.25, 0.3) is 0 Å². The van der Waals surface area contributed by atoms with Gasteiger partial charge in [-0.2, -0.15) is 0 Å². The number of nitrogens with one attached hydrogen (secondary N) is 1. The summed E-state index contributed by atoms with van der Waals surface area (Å²) < 4.78 is 33.4. The summed E-state index contributed by atoms with van der Waals surface area (Å²) >= 11 is 0. The zero-order chi connectivity index (χ0) is 17.8. The Morgan fingerprint density at radius 1 is 1.48 bits per heavy atom. The Morgan fingerprint density at radius 3 is 2.48 bits per heavy atom. The Kier molecular flexibility index (Phi) is 5.92. The van der Waals surface area contributed by atoms with Gasteiger partial charge in [-0.05, 0) is 20.8 Å². The molecule has 3 atom stereocenters. The molecule has 1 aliphatic heterocycles. The Morgan fingerprint density at radius 2 is 2.09 bits per heavy atom. The van der Waals surface area contributed by atoms with Gasteiger partial charge < -0.3 is 24.3 Å². The van der Waals surface area contributed by atoms with E-state index in [0.29, 0.717) is 0 Å². The van der Waals surface area contributed by atoms with E-state index >= 15 is 0 Å². The summed E-state index contributed by atoms with van der Waals surface area (Å²) in [7, 11) is 0. The van der Waals surface area contributed by atoms with Crippen LogP contribution in [0.15, 0.2) is 0 Å². The summed E-state index contributed by atoms with van der Waals surface area (Å²) in [5, 5.41) is 2.23. The highest BCUT2D eigenvalue weighted by Crippen LogP contribution is 2.28. The topological polar surface area (TPSA) is 100 Å². The fraction of sp³-hybridized carbons (Fsp3) is 0.786. The van der Waals surface area contributed by atoms with Crippen LogP contribution in [-0.2, 0) is 28.5 Å². The average Bonchev–Trinajstić information content (AvgIpc) is 2.64. The highest BCUT2D eigenvalue weighted by Gasteiger charge is 2.49. The van der Waals surface area contributed by atoms with E-state index in [1.807, 2.05) is 0 Å². The first-order chi connectivity index (χ1) is 10.5. The smallest absolute Gasteiger partial charge is 0.408 e. The molecule has 1 aliphatic rings. The van der Waals surface area contributed by atoms with E-state index in [2.05, 4.69) is 5.32 Å². The van der Waals surface area contributed by atoms with Crippen molar-refractivity contribution in [3.63, 3.8) is 0 Å². The number of rotatable bonds is 6. The molecule has 23 heavy (non-hydrogen) atoms. The number of carbonyl (C=O) groups excluding carboxylic acids is 3. The van der Waals surface area contributed by atoms with Crippen LogP contribution in [0, 0.1) is 0 Å². The number of esters is 1. The van der Waals surface area contributed by atoms with Gasteiger partial charge in [0.05, 0.1) is 0 Å². The van der Waals surface area contributed by atoms with Gasteiger partial charge in [-0.15, -0.1) is 0 Å². The van der Waals surface area contributed by atoms with E-state index in [-0.39, 0.29) is 6.47 Å². The first kappa shape index (κ1) is 19.1. The second-order valence-electron chi connectivity index (χ2n) is 6.46. The van der Waals surface area contributed by atoms with Gasteiger partial charge in [0, 0.05) is 13.8 Å². The molecule has 0 unspecified atom stereocenters. The largest absolute Gasteiger partial charge is 0.459 e. The molecule has 0 spiro atoms. The summed E-state index contributed by atoms with van der Waals surface area (Å²) in [4.78, 5) is 34.3. The quantitative estimate of drug-likeness (QED) is 0.440. The minimum atomic E-state index is -1.39. The Hall–Kier alpha value is -1.90. The fourth-order valence-electron chi connectivity index (χ4n) is 1.99. The highest BCUT2D eigenvalue weighted by atomic mass is 19.1. The van der Waals surface area contributed by atoms with Crippen LogP contribution in [0.1, 0.15) is 34.6 Å². The number of alkyl carbamates (subject to hydrolysis) is 1. The summed E-state index contributed by atoms with van der Waals surface area (Å²) in [6.07, 6.45) is -3.66. The van der Waals surface area contributed by atoms with E-state index in [0.717, 1.165) is 0 Å². The molecule has 1 heterocycles. The Bertz CT molecular complexity index is 461. The van der Waals surface area contributed by atoms with Gasteiger partial charge in [0.15, 0.2) is 12.2 Å². The third kappa shape index (κ3) is 5.66. The third-order valence-electron chi connectivity index (χ3n) is 2.77. The monoisotopic (exact) mass is 335 g/mol. The Labute approximate surface area is 133 Å². The van der Waals surface area contributed by atoms with E-state index in [4.69, 9.17) is 18.9 Å². The van der Waals surface area contributed by atoms with Crippen LogP contribution >= 0.6 is 0 Å². The van der Waals surface area contributed by atoms with E-state index < -0.39 is 48.4 Å². The van der Waals surface area contributed by atoms with Crippen LogP contribution < -0.4 is 5.32 Å². The molecular weight excluding hydrogens is 313 g/mol. The van der Waals surface area contributed by atoms with Gasteiger partial charge in [-0.1, -0.05) is 0 Å². The molecule has 0 radical (unpaired) electrons. The van der Waals surface area contributed by atoms with Crippen molar-refractivity contribution >= 4 is 18.5 Å². The molecule has 1 saturated heterocycles. The zero-order valence-electron chi connectivity index (χ0n) is 13.8. The van der Waals surface area contributed by atoms with E-state index in [9.17, 15) is 18.8 Å². The van der Waals surface area contributed by atoms with Crippen LogP contribution in [0.4, 0.5) is 9.18 Å². The lowest BCUT2D eigenvalue weighted by atomic mass is 10.1. The molecule has 0 aliphatic carbocycles. The molecule has 9 heteroatoms. The van der Waals surface area contributed by atoms with Crippen molar-refractivity contribution < 1.29 is 37.7 Å². The summed E-state index contributed by atoms with van der Waals surface area (Å²) in [6.45, 7) is 6.81. The molecule has 1 fully saturated rings. The molecule has 0 bridgehead atoms. The van der Waals surface area contributed by atoms with Gasteiger partial charge in [0.25, 0.3) is 6.47 Å². The number of ether oxygens (including phenoxy) is 4. The van der Waals surface area contributed by atoms with Crippen LogP contribution in [-0.4, -0.2) is 54.8 Å². The molecule has 0 aromatic rings. The van der Waals surface area contributed by atoms with Gasteiger partial charge in [0.1, 0.15) is 18.3 Å². The Balaban J connectivity index is 2.86. The number of alkyl halides is 1. The van der Waals surface area contributed by atoms with E-state index in [1.54, 1.807) is 20.8 Å². The number of hydrogen-bond acceptors (Lipinski definition) is 7. The van der Waals surface area contributed by atoms with Crippen molar-refractivity contribution in [2.24, 2.45) is 0 Å². The maximum Gasteiger partial charge on any atom is 0.408 e. The minimum Gasteiger partial charge on any atom is -0.459 e. The van der Waals surface area contributed by atoms with E-state index in [1.165, 1.54) is 13.8 Å². The molecular formula is C14H22FNO7. The molecule has 132 valence electrons. The van der Waals surface area contributed by atoms with Gasteiger partial charge >= 0.3 is 12.1 Å². The second kappa shape index (κ2) is 7.12. The average molecular weight is 335 g/mol. The molecule has 1 N–H and O–H groups in total. The van der Waals surface area contributed by atoms with Crippen molar-refractivity contribution in [3.05, 3.63) is 0 Å². The summed E-state index contributed by atoms with van der Waals surface area (Å²) in [5.74, 6) is -2.05. The van der Waals surface area contributed by atoms with Crippen molar-refractivity contribution in [1.82, 2.24) is 5.32 Å². The number of halogens is 1.